The minimum atomic E-state index is -0.513. The number of Topliss-reactive ketones (excluding diaryl/α,β-unsaturated/α-hetero) is 1. The fraction of sp³-hybridized carbons (Fsp3) is 0.0400. The van der Waals surface area contributed by atoms with Gasteiger partial charge < -0.3 is 19.2 Å². The molecule has 1 N–H and O–H groups in total. The molecule has 1 aliphatic heterocycles. The Hall–Kier alpha value is -4.32. The number of methoxy groups -OCH3 is 1. The fourth-order valence-corrected chi connectivity index (χ4v) is 3.48. The molecule has 6 nitrogen and oxygen atoms in total. The third-order valence-corrected chi connectivity index (χ3v) is 5.09. The van der Waals surface area contributed by atoms with E-state index >= 15 is 0 Å². The van der Waals surface area contributed by atoms with E-state index in [9.17, 15) is 9.59 Å². The predicted molar refractivity (Wildman–Crippen MR) is 116 cm³/mol. The number of nitrogens with one attached hydrogen (secondary N) is 1. The second kappa shape index (κ2) is 7.50. The lowest BCUT2D eigenvalue weighted by atomic mass is 10.1. The smallest absolute Gasteiger partial charge is 0.343 e. The zero-order valence-electron chi connectivity index (χ0n) is 16.5. The number of esters is 1. The molecule has 5 rings (SSSR count). The van der Waals surface area contributed by atoms with Crippen LogP contribution in [0.4, 0.5) is 0 Å². The molecule has 0 atom stereocenters. The van der Waals surface area contributed by atoms with Crippen LogP contribution in [-0.4, -0.2) is 23.8 Å². The monoisotopic (exact) mass is 411 g/mol. The fourth-order valence-electron chi connectivity index (χ4n) is 3.48. The molecule has 0 bridgehead atoms. The molecule has 152 valence electrons. The summed E-state index contributed by atoms with van der Waals surface area (Å²) in [6.07, 6.45) is 3.55. The summed E-state index contributed by atoms with van der Waals surface area (Å²) < 4.78 is 16.3. The lowest BCUT2D eigenvalue weighted by molar-refractivity contribution is 0.0734. The number of para-hydroxylation sites is 1. The number of aromatic nitrogens is 1. The molecule has 0 saturated carbocycles. The number of rotatable bonds is 4. The Morgan fingerprint density at radius 3 is 2.58 bits per heavy atom. The van der Waals surface area contributed by atoms with Crippen LogP contribution in [-0.2, 0) is 0 Å². The van der Waals surface area contributed by atoms with E-state index in [-0.39, 0.29) is 11.5 Å². The van der Waals surface area contributed by atoms with Crippen LogP contribution in [0, 0.1) is 0 Å². The highest BCUT2D eigenvalue weighted by atomic mass is 16.5. The molecular weight excluding hydrogens is 394 g/mol. The van der Waals surface area contributed by atoms with Gasteiger partial charge in [0.05, 0.1) is 18.2 Å². The Kier molecular flexibility index (Phi) is 4.52. The van der Waals surface area contributed by atoms with E-state index in [0.717, 1.165) is 16.5 Å². The molecule has 0 unspecified atom stereocenters. The van der Waals surface area contributed by atoms with Gasteiger partial charge in [0.15, 0.2) is 5.76 Å². The Bertz CT molecular complexity index is 1350. The zero-order chi connectivity index (χ0) is 21.4. The molecule has 0 spiro atoms. The number of ketones is 1. The molecule has 0 saturated heterocycles. The highest BCUT2D eigenvalue weighted by Crippen LogP contribution is 2.35. The van der Waals surface area contributed by atoms with Crippen LogP contribution in [0.15, 0.2) is 78.7 Å². The quantitative estimate of drug-likeness (QED) is 0.290. The Morgan fingerprint density at radius 2 is 1.77 bits per heavy atom. The molecule has 3 aromatic carbocycles. The maximum atomic E-state index is 12.8. The van der Waals surface area contributed by atoms with Crippen LogP contribution in [0.25, 0.3) is 17.0 Å². The van der Waals surface area contributed by atoms with Gasteiger partial charge in [0.25, 0.3) is 0 Å². The summed E-state index contributed by atoms with van der Waals surface area (Å²) in [4.78, 5) is 28.3. The van der Waals surface area contributed by atoms with Gasteiger partial charge in [0.2, 0.25) is 5.78 Å². The van der Waals surface area contributed by atoms with E-state index in [0.29, 0.717) is 28.4 Å². The van der Waals surface area contributed by atoms with Gasteiger partial charge in [-0.05, 0) is 48.5 Å². The normalized spacial score (nSPS) is 13.8. The van der Waals surface area contributed by atoms with Gasteiger partial charge in [0, 0.05) is 28.7 Å². The number of aromatic amines is 1. The van der Waals surface area contributed by atoms with Crippen molar-refractivity contribution in [1.29, 1.82) is 0 Å². The van der Waals surface area contributed by atoms with E-state index in [2.05, 4.69) is 4.98 Å². The van der Waals surface area contributed by atoms with Gasteiger partial charge in [-0.25, -0.2) is 4.79 Å². The molecule has 31 heavy (non-hydrogen) atoms. The molecular formula is C25H17NO5. The summed E-state index contributed by atoms with van der Waals surface area (Å²) in [5, 5.41) is 0.997. The molecule has 1 aromatic heterocycles. The van der Waals surface area contributed by atoms with E-state index < -0.39 is 5.97 Å². The second-order valence-corrected chi connectivity index (χ2v) is 7.01. The summed E-state index contributed by atoms with van der Waals surface area (Å²) >= 11 is 0. The third-order valence-electron chi connectivity index (χ3n) is 5.09. The summed E-state index contributed by atoms with van der Waals surface area (Å²) in [5.41, 5.74) is 2.65. The van der Waals surface area contributed by atoms with E-state index in [1.54, 1.807) is 55.7 Å². The molecule has 6 heteroatoms. The van der Waals surface area contributed by atoms with E-state index in [1.807, 2.05) is 30.5 Å². The number of H-pyrrole nitrogens is 1. The number of allylic oxidation sites excluding steroid dienone is 1. The number of hydrogen-bond acceptors (Lipinski definition) is 5. The van der Waals surface area contributed by atoms with E-state index in [4.69, 9.17) is 14.2 Å². The summed E-state index contributed by atoms with van der Waals surface area (Å²) in [7, 11) is 1.56. The number of carbonyl (C=O) groups is 2. The van der Waals surface area contributed by atoms with Gasteiger partial charge in [-0.2, -0.15) is 0 Å². The Labute approximate surface area is 177 Å². The van der Waals surface area contributed by atoms with Crippen molar-refractivity contribution in [3.05, 3.63) is 95.4 Å². The van der Waals surface area contributed by atoms with Crippen LogP contribution in [0.1, 0.15) is 26.3 Å². The summed E-state index contributed by atoms with van der Waals surface area (Å²) in [6.45, 7) is 0. The van der Waals surface area contributed by atoms with Crippen LogP contribution < -0.4 is 14.2 Å². The van der Waals surface area contributed by atoms with Gasteiger partial charge in [-0.1, -0.05) is 18.2 Å². The first-order valence-electron chi connectivity index (χ1n) is 9.63. The topological polar surface area (TPSA) is 77.6 Å². The summed E-state index contributed by atoms with van der Waals surface area (Å²) in [5.74, 6) is 0.792. The first-order valence-corrected chi connectivity index (χ1v) is 9.63. The Balaban J connectivity index is 1.38. The van der Waals surface area contributed by atoms with Gasteiger partial charge in [-0.15, -0.1) is 0 Å². The number of benzene rings is 3. The number of fused-ring (bicyclic) bond motifs is 2. The number of carbonyl (C=O) groups excluding carboxylic acids is 2. The molecule has 2 heterocycles. The Morgan fingerprint density at radius 1 is 1.00 bits per heavy atom. The van der Waals surface area contributed by atoms with Crippen molar-refractivity contribution in [1.82, 2.24) is 4.98 Å². The van der Waals surface area contributed by atoms with E-state index in [1.165, 1.54) is 0 Å². The third kappa shape index (κ3) is 3.44. The average Bonchev–Trinajstić information content (AvgIpc) is 3.35. The number of hydrogen-bond donors (Lipinski definition) is 1. The highest BCUT2D eigenvalue weighted by Gasteiger charge is 2.28. The molecule has 0 aliphatic carbocycles. The minimum Gasteiger partial charge on any atom is -0.497 e. The van der Waals surface area contributed by atoms with Crippen molar-refractivity contribution in [2.75, 3.05) is 7.11 Å². The van der Waals surface area contributed by atoms with Gasteiger partial charge >= 0.3 is 5.97 Å². The van der Waals surface area contributed by atoms with Crippen molar-refractivity contribution in [2.24, 2.45) is 0 Å². The first-order chi connectivity index (χ1) is 15.1. The summed E-state index contributed by atoms with van der Waals surface area (Å²) in [6, 6.07) is 19.2. The zero-order valence-corrected chi connectivity index (χ0v) is 16.5. The van der Waals surface area contributed by atoms with Crippen LogP contribution in [0.3, 0.4) is 0 Å². The lowest BCUT2D eigenvalue weighted by Crippen LogP contribution is -2.08. The van der Waals surface area contributed by atoms with Gasteiger partial charge in [-0.3, -0.25) is 4.79 Å². The maximum Gasteiger partial charge on any atom is 0.343 e. The van der Waals surface area contributed by atoms with Gasteiger partial charge in [0.1, 0.15) is 17.2 Å². The average molecular weight is 411 g/mol. The molecule has 0 fully saturated rings. The highest BCUT2D eigenvalue weighted by molar-refractivity contribution is 6.15. The molecule has 4 aromatic rings. The van der Waals surface area contributed by atoms with Crippen molar-refractivity contribution >= 4 is 28.7 Å². The van der Waals surface area contributed by atoms with Crippen molar-refractivity contribution in [3.8, 4) is 17.2 Å². The largest absolute Gasteiger partial charge is 0.497 e. The van der Waals surface area contributed by atoms with Crippen molar-refractivity contribution in [2.45, 2.75) is 0 Å². The van der Waals surface area contributed by atoms with Crippen LogP contribution in [0.5, 0.6) is 17.2 Å². The SMILES string of the molecule is COc1ccc(C(=O)Oc2ccc3c(c2)O/C(=C/c2c[nH]c4ccccc24)C3=O)cc1. The predicted octanol–water partition coefficient (Wildman–Crippen LogP) is 5.01. The maximum absolute atomic E-state index is 12.8. The van der Waals surface area contributed by atoms with Crippen molar-refractivity contribution in [3.63, 3.8) is 0 Å². The molecule has 0 radical (unpaired) electrons. The standard InChI is InChI=1S/C25H17NO5/c1-29-17-8-6-15(7-9-17)25(28)30-18-10-11-20-22(13-18)31-23(24(20)27)12-16-14-26-21-5-3-2-4-19(16)21/h2-14,26H,1H3/b23-12+. The molecule has 1 aliphatic rings. The second-order valence-electron chi connectivity index (χ2n) is 7.01. The number of ether oxygens (including phenoxy) is 3. The van der Waals surface area contributed by atoms with Crippen LogP contribution >= 0.6 is 0 Å². The molecule has 0 amide bonds. The van der Waals surface area contributed by atoms with Crippen molar-refractivity contribution < 1.29 is 23.8 Å². The van der Waals surface area contributed by atoms with Crippen LogP contribution in [0.2, 0.25) is 0 Å². The minimum absolute atomic E-state index is 0.215. The lowest BCUT2D eigenvalue weighted by Gasteiger charge is -2.06. The first kappa shape index (κ1) is 18.7.